The first kappa shape index (κ1) is 19.4. The fourth-order valence-electron chi connectivity index (χ4n) is 3.90. The molecule has 4 aromatic rings. The minimum atomic E-state index is -0.374. The zero-order valence-corrected chi connectivity index (χ0v) is 17.2. The van der Waals surface area contributed by atoms with Gasteiger partial charge in [0.1, 0.15) is 5.52 Å². The lowest BCUT2D eigenvalue weighted by Gasteiger charge is -2.29. The molecular weight excluding hydrogens is 396 g/mol. The summed E-state index contributed by atoms with van der Waals surface area (Å²) in [6, 6.07) is 14.8. The van der Waals surface area contributed by atoms with E-state index in [1.165, 1.54) is 7.11 Å². The minimum Gasteiger partial charge on any atom is -0.465 e. The number of ether oxygens (including phenoxy) is 1. The van der Waals surface area contributed by atoms with Gasteiger partial charge in [-0.1, -0.05) is 29.4 Å². The van der Waals surface area contributed by atoms with E-state index >= 15 is 0 Å². The van der Waals surface area contributed by atoms with E-state index in [2.05, 4.69) is 20.0 Å². The maximum atomic E-state index is 11.6. The number of para-hydroxylation sites is 2. The van der Waals surface area contributed by atoms with Crippen molar-refractivity contribution in [2.24, 2.45) is 0 Å². The molecule has 0 radical (unpaired) electrons. The van der Waals surface area contributed by atoms with Crippen LogP contribution < -0.4 is 0 Å². The molecule has 3 heterocycles. The van der Waals surface area contributed by atoms with Crippen LogP contribution in [-0.4, -0.2) is 46.2 Å². The SMILES string of the molecule is COC(=O)c1ccc(-c2noc(CN3CCC(c4nc5ccccc5o4)CC3)n2)cc1. The Bertz CT molecular complexity index is 1160. The van der Waals surface area contributed by atoms with Gasteiger partial charge in [0.25, 0.3) is 0 Å². The molecule has 1 saturated heterocycles. The van der Waals surface area contributed by atoms with Gasteiger partial charge in [0.15, 0.2) is 11.5 Å². The van der Waals surface area contributed by atoms with Crippen molar-refractivity contribution in [1.82, 2.24) is 20.0 Å². The molecule has 1 aliphatic heterocycles. The molecule has 0 saturated carbocycles. The van der Waals surface area contributed by atoms with Gasteiger partial charge in [0.2, 0.25) is 11.7 Å². The third kappa shape index (κ3) is 4.06. The molecule has 8 nitrogen and oxygen atoms in total. The predicted molar refractivity (Wildman–Crippen MR) is 112 cm³/mol. The average molecular weight is 418 g/mol. The number of hydrogen-bond acceptors (Lipinski definition) is 8. The first-order chi connectivity index (χ1) is 15.2. The maximum absolute atomic E-state index is 11.6. The number of benzene rings is 2. The van der Waals surface area contributed by atoms with Gasteiger partial charge < -0.3 is 13.7 Å². The number of rotatable bonds is 5. The van der Waals surface area contributed by atoms with Crippen molar-refractivity contribution < 1.29 is 18.5 Å². The van der Waals surface area contributed by atoms with E-state index in [0.717, 1.165) is 48.5 Å². The number of methoxy groups -OCH3 is 1. The van der Waals surface area contributed by atoms with Crippen molar-refractivity contribution in [2.45, 2.75) is 25.3 Å². The largest absolute Gasteiger partial charge is 0.465 e. The molecule has 2 aromatic heterocycles. The van der Waals surface area contributed by atoms with Crippen molar-refractivity contribution in [3.05, 3.63) is 65.9 Å². The van der Waals surface area contributed by atoms with Crippen LogP contribution in [0.5, 0.6) is 0 Å². The summed E-state index contributed by atoms with van der Waals surface area (Å²) in [4.78, 5) is 23.0. The number of esters is 1. The Labute approximate surface area is 178 Å². The van der Waals surface area contributed by atoms with Crippen molar-refractivity contribution >= 4 is 17.1 Å². The Morgan fingerprint density at radius 2 is 1.87 bits per heavy atom. The summed E-state index contributed by atoms with van der Waals surface area (Å²) in [5.74, 6) is 1.87. The number of piperidine rings is 1. The third-order valence-corrected chi connectivity index (χ3v) is 5.64. The zero-order chi connectivity index (χ0) is 21.2. The maximum Gasteiger partial charge on any atom is 0.337 e. The molecule has 158 valence electrons. The molecule has 1 aliphatic rings. The van der Waals surface area contributed by atoms with Crippen LogP contribution in [0.25, 0.3) is 22.5 Å². The third-order valence-electron chi connectivity index (χ3n) is 5.64. The summed E-state index contributed by atoms with van der Waals surface area (Å²) in [6.45, 7) is 2.43. The predicted octanol–water partition coefficient (Wildman–Crippen LogP) is 4.04. The first-order valence-electron chi connectivity index (χ1n) is 10.3. The second-order valence-electron chi connectivity index (χ2n) is 7.65. The van der Waals surface area contributed by atoms with Crippen LogP contribution >= 0.6 is 0 Å². The minimum absolute atomic E-state index is 0.329. The van der Waals surface area contributed by atoms with Crippen molar-refractivity contribution in [2.75, 3.05) is 20.2 Å². The molecule has 0 unspecified atom stereocenters. The summed E-state index contributed by atoms with van der Waals surface area (Å²) in [7, 11) is 1.36. The van der Waals surface area contributed by atoms with Crippen LogP contribution in [0.3, 0.4) is 0 Å². The first-order valence-corrected chi connectivity index (χ1v) is 10.3. The van der Waals surface area contributed by atoms with Gasteiger partial charge in [-0.05, 0) is 50.2 Å². The molecule has 0 amide bonds. The van der Waals surface area contributed by atoms with E-state index in [1.54, 1.807) is 24.3 Å². The number of likely N-dealkylation sites (tertiary alicyclic amines) is 1. The van der Waals surface area contributed by atoms with Crippen molar-refractivity contribution in [3.63, 3.8) is 0 Å². The van der Waals surface area contributed by atoms with Crippen molar-refractivity contribution in [1.29, 1.82) is 0 Å². The van der Waals surface area contributed by atoms with Crippen LogP contribution in [0.2, 0.25) is 0 Å². The van der Waals surface area contributed by atoms with Gasteiger partial charge in [-0.2, -0.15) is 4.98 Å². The summed E-state index contributed by atoms with van der Waals surface area (Å²) < 4.78 is 16.1. The topological polar surface area (TPSA) is 94.5 Å². The van der Waals surface area contributed by atoms with Crippen LogP contribution in [0.4, 0.5) is 0 Å². The number of carbonyl (C=O) groups is 1. The molecule has 8 heteroatoms. The van der Waals surface area contributed by atoms with Gasteiger partial charge in [0, 0.05) is 11.5 Å². The number of carbonyl (C=O) groups excluding carboxylic acids is 1. The zero-order valence-electron chi connectivity index (χ0n) is 17.2. The van der Waals surface area contributed by atoms with E-state index in [-0.39, 0.29) is 5.97 Å². The normalized spacial score (nSPS) is 15.4. The van der Waals surface area contributed by atoms with Gasteiger partial charge in [-0.25, -0.2) is 9.78 Å². The highest BCUT2D eigenvalue weighted by Gasteiger charge is 2.25. The molecule has 0 spiro atoms. The van der Waals surface area contributed by atoms with Crippen LogP contribution in [0.15, 0.2) is 57.5 Å². The molecule has 31 heavy (non-hydrogen) atoms. The Kier molecular flexibility index (Phi) is 5.21. The highest BCUT2D eigenvalue weighted by Crippen LogP contribution is 2.30. The number of oxazole rings is 1. The van der Waals surface area contributed by atoms with Crippen molar-refractivity contribution in [3.8, 4) is 11.4 Å². The van der Waals surface area contributed by atoms with Gasteiger partial charge in [0.05, 0.1) is 19.2 Å². The Hall–Kier alpha value is -3.52. The van der Waals surface area contributed by atoms with Gasteiger partial charge in [-0.3, -0.25) is 4.90 Å². The number of hydrogen-bond donors (Lipinski definition) is 0. The lowest BCUT2D eigenvalue weighted by Crippen LogP contribution is -2.32. The number of aromatic nitrogens is 3. The Balaban J connectivity index is 1.19. The monoisotopic (exact) mass is 418 g/mol. The fourth-order valence-corrected chi connectivity index (χ4v) is 3.90. The fraction of sp³-hybridized carbons (Fsp3) is 0.304. The molecule has 0 aliphatic carbocycles. The lowest BCUT2D eigenvalue weighted by atomic mass is 9.97. The second kappa shape index (κ2) is 8.31. The summed E-state index contributed by atoms with van der Waals surface area (Å²) in [6.07, 6.45) is 1.95. The molecule has 0 atom stereocenters. The van der Waals surface area contributed by atoms with Gasteiger partial charge in [-0.15, -0.1) is 0 Å². The number of fused-ring (bicyclic) bond motifs is 1. The lowest BCUT2D eigenvalue weighted by molar-refractivity contribution is 0.0600. The van der Waals surface area contributed by atoms with Gasteiger partial charge >= 0.3 is 5.97 Å². The molecular formula is C23H22N4O4. The Morgan fingerprint density at radius 1 is 1.10 bits per heavy atom. The highest BCUT2D eigenvalue weighted by atomic mass is 16.5. The molecule has 1 fully saturated rings. The average Bonchev–Trinajstić information content (AvgIpc) is 3.46. The molecule has 0 bridgehead atoms. The van der Waals surface area contributed by atoms with E-state index in [1.807, 2.05) is 24.3 Å². The van der Waals surface area contributed by atoms with Crippen LogP contribution in [-0.2, 0) is 11.3 Å². The summed E-state index contributed by atoms with van der Waals surface area (Å²) in [5, 5.41) is 4.08. The number of nitrogens with zero attached hydrogens (tertiary/aromatic N) is 4. The van der Waals surface area contributed by atoms with E-state index in [0.29, 0.717) is 29.7 Å². The quantitative estimate of drug-likeness (QED) is 0.448. The second-order valence-corrected chi connectivity index (χ2v) is 7.65. The molecule has 2 aromatic carbocycles. The summed E-state index contributed by atoms with van der Waals surface area (Å²) in [5.41, 5.74) is 3.03. The van der Waals surface area contributed by atoms with Crippen LogP contribution in [0, 0.1) is 0 Å². The standard InChI is InChI=1S/C23H22N4O4/c1-29-23(28)17-8-6-15(7-9-17)21-25-20(31-26-21)14-27-12-10-16(11-13-27)22-24-18-4-2-3-5-19(18)30-22/h2-9,16H,10-14H2,1H3. The Morgan fingerprint density at radius 3 is 2.61 bits per heavy atom. The summed E-state index contributed by atoms with van der Waals surface area (Å²) >= 11 is 0. The molecule has 5 rings (SSSR count). The smallest absolute Gasteiger partial charge is 0.337 e. The molecule has 0 N–H and O–H groups in total. The van der Waals surface area contributed by atoms with E-state index in [4.69, 9.17) is 13.7 Å². The highest BCUT2D eigenvalue weighted by molar-refractivity contribution is 5.89. The van der Waals surface area contributed by atoms with Crippen LogP contribution in [0.1, 0.15) is 40.9 Å². The van der Waals surface area contributed by atoms with E-state index < -0.39 is 0 Å². The van der Waals surface area contributed by atoms with E-state index in [9.17, 15) is 4.79 Å².